The van der Waals surface area contributed by atoms with Gasteiger partial charge in [-0.2, -0.15) is 0 Å². The SMILES string of the molecule is O=C(Cn1ccccc1=O)N1CCC2(CC1)c1nc[nH]c1CCN2C(=O)C1CC1. The maximum atomic E-state index is 13.0. The van der Waals surface area contributed by atoms with Crippen molar-refractivity contribution in [1.29, 1.82) is 0 Å². The lowest BCUT2D eigenvalue weighted by Gasteiger charge is -2.50. The summed E-state index contributed by atoms with van der Waals surface area (Å²) in [4.78, 5) is 49.4. The molecule has 0 bridgehead atoms. The maximum absolute atomic E-state index is 13.0. The van der Waals surface area contributed by atoms with Crippen molar-refractivity contribution in [2.24, 2.45) is 5.92 Å². The summed E-state index contributed by atoms with van der Waals surface area (Å²) in [6.45, 7) is 1.87. The number of carbonyl (C=O) groups is 2. The van der Waals surface area contributed by atoms with Crippen molar-refractivity contribution in [3.8, 4) is 0 Å². The van der Waals surface area contributed by atoms with Crippen molar-refractivity contribution in [2.75, 3.05) is 19.6 Å². The van der Waals surface area contributed by atoms with E-state index in [0.29, 0.717) is 32.5 Å². The van der Waals surface area contributed by atoms with Gasteiger partial charge in [-0.15, -0.1) is 0 Å². The molecule has 2 amide bonds. The molecule has 152 valence electrons. The number of nitrogens with zero attached hydrogens (tertiary/aromatic N) is 4. The van der Waals surface area contributed by atoms with E-state index in [2.05, 4.69) is 14.9 Å². The number of hydrogen-bond acceptors (Lipinski definition) is 4. The zero-order chi connectivity index (χ0) is 20.0. The highest BCUT2D eigenvalue weighted by Gasteiger charge is 2.51. The number of aromatic amines is 1. The molecule has 3 aliphatic rings. The average molecular weight is 395 g/mol. The Labute approximate surface area is 168 Å². The molecular weight excluding hydrogens is 370 g/mol. The van der Waals surface area contributed by atoms with Crippen LogP contribution in [0.15, 0.2) is 35.5 Å². The van der Waals surface area contributed by atoms with E-state index in [1.165, 1.54) is 10.6 Å². The first-order chi connectivity index (χ1) is 14.1. The topological polar surface area (TPSA) is 91.3 Å². The molecule has 2 aromatic rings. The van der Waals surface area contributed by atoms with E-state index in [1.807, 2.05) is 4.90 Å². The van der Waals surface area contributed by atoms with Crippen LogP contribution in [0.5, 0.6) is 0 Å². The van der Waals surface area contributed by atoms with Gasteiger partial charge in [-0.3, -0.25) is 14.4 Å². The lowest BCUT2D eigenvalue weighted by atomic mass is 9.78. The molecule has 5 rings (SSSR count). The van der Waals surface area contributed by atoms with Crippen LogP contribution in [0.1, 0.15) is 37.1 Å². The van der Waals surface area contributed by atoms with Crippen LogP contribution in [0, 0.1) is 5.92 Å². The van der Waals surface area contributed by atoms with Gasteiger partial charge in [0, 0.05) is 49.9 Å². The fourth-order valence-electron chi connectivity index (χ4n) is 4.82. The number of fused-ring (bicyclic) bond motifs is 2. The standard InChI is InChI=1S/C21H25N5O3/c27-17-3-1-2-9-25(17)13-18(28)24-11-7-21(8-12-24)19-16(22-14-23-19)6-10-26(21)20(29)15-4-5-15/h1-3,9,14-15H,4-8,10-13H2,(H,22,23). The number of nitrogens with one attached hydrogen (secondary N) is 1. The van der Waals surface area contributed by atoms with Crippen LogP contribution in [-0.2, 0) is 28.1 Å². The van der Waals surface area contributed by atoms with E-state index in [0.717, 1.165) is 30.7 Å². The third-order valence-corrected chi connectivity index (χ3v) is 6.60. The molecule has 2 fully saturated rings. The van der Waals surface area contributed by atoms with E-state index in [9.17, 15) is 14.4 Å². The number of H-pyrrole nitrogens is 1. The van der Waals surface area contributed by atoms with E-state index in [1.54, 1.807) is 24.7 Å². The van der Waals surface area contributed by atoms with Gasteiger partial charge < -0.3 is 19.4 Å². The van der Waals surface area contributed by atoms with Crippen molar-refractivity contribution in [3.63, 3.8) is 0 Å². The van der Waals surface area contributed by atoms with Gasteiger partial charge in [-0.05, 0) is 31.7 Å². The van der Waals surface area contributed by atoms with Gasteiger partial charge in [0.25, 0.3) is 5.56 Å². The highest BCUT2D eigenvalue weighted by atomic mass is 16.2. The number of imidazole rings is 1. The molecule has 1 saturated heterocycles. The molecule has 1 spiro atoms. The predicted molar refractivity (Wildman–Crippen MR) is 105 cm³/mol. The Balaban J connectivity index is 1.35. The highest BCUT2D eigenvalue weighted by Crippen LogP contribution is 2.45. The number of carbonyl (C=O) groups excluding carboxylic acids is 2. The normalized spacial score (nSPS) is 20.6. The molecule has 0 aromatic carbocycles. The molecule has 1 aliphatic carbocycles. The lowest BCUT2D eigenvalue weighted by Crippen LogP contribution is -2.59. The molecule has 1 saturated carbocycles. The van der Waals surface area contributed by atoms with Crippen LogP contribution in [0.2, 0.25) is 0 Å². The minimum atomic E-state index is -0.423. The molecule has 0 unspecified atom stereocenters. The van der Waals surface area contributed by atoms with Crippen LogP contribution in [0.4, 0.5) is 0 Å². The summed E-state index contributed by atoms with van der Waals surface area (Å²) < 4.78 is 1.43. The number of piperidine rings is 1. The van der Waals surface area contributed by atoms with Crippen LogP contribution < -0.4 is 5.56 Å². The molecule has 2 aromatic heterocycles. The maximum Gasteiger partial charge on any atom is 0.250 e. The second-order valence-corrected chi connectivity index (χ2v) is 8.32. The van der Waals surface area contributed by atoms with Gasteiger partial charge in [-0.25, -0.2) is 4.98 Å². The summed E-state index contributed by atoms with van der Waals surface area (Å²) in [5.74, 6) is 0.345. The summed E-state index contributed by atoms with van der Waals surface area (Å²) in [5, 5.41) is 0. The second-order valence-electron chi connectivity index (χ2n) is 8.32. The molecule has 4 heterocycles. The third-order valence-electron chi connectivity index (χ3n) is 6.60. The van der Waals surface area contributed by atoms with Crippen molar-refractivity contribution in [2.45, 2.75) is 44.2 Å². The highest BCUT2D eigenvalue weighted by molar-refractivity contribution is 5.82. The Morgan fingerprint density at radius 2 is 1.97 bits per heavy atom. The summed E-state index contributed by atoms with van der Waals surface area (Å²) in [6, 6.07) is 4.88. The van der Waals surface area contributed by atoms with E-state index in [4.69, 9.17) is 0 Å². The first-order valence-corrected chi connectivity index (χ1v) is 10.4. The number of hydrogen-bond donors (Lipinski definition) is 1. The molecule has 2 aliphatic heterocycles. The first kappa shape index (κ1) is 18.1. The lowest BCUT2D eigenvalue weighted by molar-refractivity contribution is -0.145. The summed E-state index contributed by atoms with van der Waals surface area (Å²) in [7, 11) is 0. The number of pyridine rings is 1. The summed E-state index contributed by atoms with van der Waals surface area (Å²) in [5.41, 5.74) is 1.49. The minimum Gasteiger partial charge on any atom is -0.348 e. The van der Waals surface area contributed by atoms with Gasteiger partial charge in [0.2, 0.25) is 11.8 Å². The molecular formula is C21H25N5O3. The molecule has 8 heteroatoms. The Kier molecular flexibility index (Phi) is 4.29. The van der Waals surface area contributed by atoms with Gasteiger partial charge in [-0.1, -0.05) is 6.07 Å². The minimum absolute atomic E-state index is 0.0467. The second kappa shape index (κ2) is 6.86. The number of aromatic nitrogens is 3. The van der Waals surface area contributed by atoms with Crippen molar-refractivity contribution < 1.29 is 9.59 Å². The number of likely N-dealkylation sites (tertiary alicyclic amines) is 1. The fraction of sp³-hybridized carbons (Fsp3) is 0.524. The Morgan fingerprint density at radius 3 is 2.69 bits per heavy atom. The smallest absolute Gasteiger partial charge is 0.250 e. The molecule has 0 radical (unpaired) electrons. The number of rotatable bonds is 3. The van der Waals surface area contributed by atoms with Gasteiger partial charge >= 0.3 is 0 Å². The Hall–Kier alpha value is -2.90. The van der Waals surface area contributed by atoms with E-state index < -0.39 is 5.54 Å². The summed E-state index contributed by atoms with van der Waals surface area (Å²) >= 11 is 0. The van der Waals surface area contributed by atoms with Crippen molar-refractivity contribution in [3.05, 3.63) is 52.5 Å². The summed E-state index contributed by atoms with van der Waals surface area (Å²) in [6.07, 6.45) is 7.48. The van der Waals surface area contributed by atoms with Gasteiger partial charge in [0.1, 0.15) is 6.54 Å². The Morgan fingerprint density at radius 1 is 1.17 bits per heavy atom. The van der Waals surface area contributed by atoms with Crippen LogP contribution in [0.3, 0.4) is 0 Å². The Bertz CT molecular complexity index is 997. The number of amides is 2. The average Bonchev–Trinajstić information content (AvgIpc) is 3.47. The van der Waals surface area contributed by atoms with E-state index >= 15 is 0 Å². The zero-order valence-electron chi connectivity index (χ0n) is 16.3. The van der Waals surface area contributed by atoms with E-state index in [-0.39, 0.29) is 29.8 Å². The molecule has 8 nitrogen and oxygen atoms in total. The van der Waals surface area contributed by atoms with Gasteiger partial charge in [0.05, 0.1) is 17.6 Å². The van der Waals surface area contributed by atoms with Crippen molar-refractivity contribution >= 4 is 11.8 Å². The van der Waals surface area contributed by atoms with Gasteiger partial charge in [0.15, 0.2) is 0 Å². The van der Waals surface area contributed by atoms with Crippen LogP contribution >= 0.6 is 0 Å². The fourth-order valence-corrected chi connectivity index (χ4v) is 4.82. The predicted octanol–water partition coefficient (Wildman–Crippen LogP) is 0.884. The van der Waals surface area contributed by atoms with Crippen molar-refractivity contribution in [1.82, 2.24) is 24.3 Å². The van der Waals surface area contributed by atoms with Crippen LogP contribution in [0.25, 0.3) is 0 Å². The molecule has 29 heavy (non-hydrogen) atoms. The monoisotopic (exact) mass is 395 g/mol. The molecule has 1 N–H and O–H groups in total. The quantitative estimate of drug-likeness (QED) is 0.835. The van der Waals surface area contributed by atoms with Crippen LogP contribution in [-0.4, -0.2) is 55.8 Å². The largest absolute Gasteiger partial charge is 0.348 e. The zero-order valence-corrected chi connectivity index (χ0v) is 16.3. The first-order valence-electron chi connectivity index (χ1n) is 10.4. The molecule has 0 atom stereocenters. The third kappa shape index (κ3) is 3.07.